The zero-order valence-electron chi connectivity index (χ0n) is 10.3. The van der Waals surface area contributed by atoms with Gasteiger partial charge in [0.2, 0.25) is 0 Å². The van der Waals surface area contributed by atoms with Crippen LogP contribution in [-0.4, -0.2) is 41.6 Å². The van der Waals surface area contributed by atoms with Gasteiger partial charge in [-0.05, 0) is 13.3 Å². The lowest BCUT2D eigenvalue weighted by atomic mass is 9.92. The summed E-state index contributed by atoms with van der Waals surface area (Å²) in [6, 6.07) is 0. The Morgan fingerprint density at radius 1 is 1.27 bits per heavy atom. The average Bonchev–Trinajstić information content (AvgIpc) is 2.30. The highest BCUT2D eigenvalue weighted by Gasteiger charge is 2.30. The van der Waals surface area contributed by atoms with Gasteiger partial charge in [0.05, 0.1) is 0 Å². The SMILES string of the molecule is CCCCCC(C)(CN)N1CCSCC1. The van der Waals surface area contributed by atoms with Crippen LogP contribution in [0.2, 0.25) is 0 Å². The van der Waals surface area contributed by atoms with Crippen molar-refractivity contribution in [3.8, 4) is 0 Å². The van der Waals surface area contributed by atoms with Crippen LogP contribution in [0.3, 0.4) is 0 Å². The lowest BCUT2D eigenvalue weighted by Crippen LogP contribution is -2.54. The zero-order valence-corrected chi connectivity index (χ0v) is 11.1. The van der Waals surface area contributed by atoms with E-state index in [1.165, 1.54) is 50.3 Å². The summed E-state index contributed by atoms with van der Waals surface area (Å²) < 4.78 is 0. The summed E-state index contributed by atoms with van der Waals surface area (Å²) in [7, 11) is 0. The Morgan fingerprint density at radius 2 is 1.93 bits per heavy atom. The highest BCUT2D eigenvalue weighted by atomic mass is 32.2. The molecular weight excluding hydrogens is 204 g/mol. The van der Waals surface area contributed by atoms with Crippen LogP contribution in [-0.2, 0) is 0 Å². The predicted octanol–water partition coefficient (Wildman–Crippen LogP) is 2.33. The normalized spacial score (nSPS) is 22.6. The highest BCUT2D eigenvalue weighted by molar-refractivity contribution is 7.99. The average molecular weight is 230 g/mol. The Kier molecular flexibility index (Phi) is 6.02. The van der Waals surface area contributed by atoms with Gasteiger partial charge in [-0.3, -0.25) is 4.90 Å². The predicted molar refractivity (Wildman–Crippen MR) is 70.5 cm³/mol. The zero-order chi connectivity index (χ0) is 11.1. The van der Waals surface area contributed by atoms with Crippen molar-refractivity contribution in [2.75, 3.05) is 31.1 Å². The van der Waals surface area contributed by atoms with Crippen LogP contribution in [0.25, 0.3) is 0 Å². The Balaban J connectivity index is 2.41. The van der Waals surface area contributed by atoms with Crippen LogP contribution < -0.4 is 5.73 Å². The standard InChI is InChI=1S/C12H26N2S/c1-3-4-5-6-12(2,11-13)14-7-9-15-10-8-14/h3-11,13H2,1-2H3. The third kappa shape index (κ3) is 3.97. The number of nitrogens with zero attached hydrogens (tertiary/aromatic N) is 1. The summed E-state index contributed by atoms with van der Waals surface area (Å²) in [5, 5.41) is 0. The second-order valence-electron chi connectivity index (χ2n) is 4.76. The minimum atomic E-state index is 0.260. The monoisotopic (exact) mass is 230 g/mol. The summed E-state index contributed by atoms with van der Waals surface area (Å²) in [5.74, 6) is 2.56. The first kappa shape index (κ1) is 13.3. The fourth-order valence-electron chi connectivity index (χ4n) is 2.25. The van der Waals surface area contributed by atoms with Crippen LogP contribution in [0.15, 0.2) is 0 Å². The smallest absolute Gasteiger partial charge is 0.0304 e. The molecule has 0 amide bonds. The van der Waals surface area contributed by atoms with Gasteiger partial charge >= 0.3 is 0 Å². The van der Waals surface area contributed by atoms with Gasteiger partial charge in [0.25, 0.3) is 0 Å². The summed E-state index contributed by atoms with van der Waals surface area (Å²) >= 11 is 2.07. The van der Waals surface area contributed by atoms with Gasteiger partial charge in [0, 0.05) is 36.7 Å². The number of hydrogen-bond donors (Lipinski definition) is 1. The van der Waals surface area contributed by atoms with Gasteiger partial charge in [-0.2, -0.15) is 11.8 Å². The third-order valence-corrected chi connectivity index (χ3v) is 4.48. The second-order valence-corrected chi connectivity index (χ2v) is 5.98. The number of unbranched alkanes of at least 4 members (excludes halogenated alkanes) is 2. The van der Waals surface area contributed by atoms with E-state index < -0.39 is 0 Å². The van der Waals surface area contributed by atoms with E-state index in [-0.39, 0.29) is 5.54 Å². The molecule has 1 unspecified atom stereocenters. The number of nitrogens with two attached hydrogens (primary N) is 1. The summed E-state index contributed by atoms with van der Waals surface area (Å²) in [6.45, 7) is 7.87. The van der Waals surface area contributed by atoms with Crippen LogP contribution in [0.1, 0.15) is 39.5 Å². The van der Waals surface area contributed by atoms with Gasteiger partial charge in [0.15, 0.2) is 0 Å². The first-order valence-electron chi connectivity index (χ1n) is 6.26. The highest BCUT2D eigenvalue weighted by Crippen LogP contribution is 2.24. The molecular formula is C12H26N2S. The van der Waals surface area contributed by atoms with Gasteiger partial charge in [-0.1, -0.05) is 26.2 Å². The molecule has 1 heterocycles. The second kappa shape index (κ2) is 6.77. The van der Waals surface area contributed by atoms with Crippen molar-refractivity contribution >= 4 is 11.8 Å². The van der Waals surface area contributed by atoms with E-state index in [9.17, 15) is 0 Å². The molecule has 1 rings (SSSR count). The first-order chi connectivity index (χ1) is 7.23. The van der Waals surface area contributed by atoms with Gasteiger partial charge in [0.1, 0.15) is 0 Å². The number of hydrogen-bond acceptors (Lipinski definition) is 3. The summed E-state index contributed by atoms with van der Waals surface area (Å²) in [5.41, 5.74) is 6.23. The van der Waals surface area contributed by atoms with Crippen molar-refractivity contribution in [1.82, 2.24) is 4.90 Å². The molecule has 15 heavy (non-hydrogen) atoms. The summed E-state index contributed by atoms with van der Waals surface area (Å²) in [6.07, 6.45) is 5.24. The number of rotatable bonds is 6. The maximum atomic E-state index is 5.97. The molecule has 0 saturated carbocycles. The molecule has 0 aromatic carbocycles. The van der Waals surface area contributed by atoms with E-state index in [1.54, 1.807) is 0 Å². The van der Waals surface area contributed by atoms with Gasteiger partial charge < -0.3 is 5.73 Å². The lowest BCUT2D eigenvalue weighted by molar-refractivity contribution is 0.111. The first-order valence-corrected chi connectivity index (χ1v) is 7.41. The van der Waals surface area contributed by atoms with Crippen LogP contribution in [0.4, 0.5) is 0 Å². The van der Waals surface area contributed by atoms with Gasteiger partial charge in [-0.25, -0.2) is 0 Å². The Labute approximate surface area is 99.0 Å². The molecule has 1 saturated heterocycles. The van der Waals surface area contributed by atoms with Crippen molar-refractivity contribution in [1.29, 1.82) is 0 Å². The molecule has 3 heteroatoms. The quantitative estimate of drug-likeness (QED) is 0.710. The van der Waals surface area contributed by atoms with Crippen molar-refractivity contribution in [3.63, 3.8) is 0 Å². The minimum absolute atomic E-state index is 0.260. The van der Waals surface area contributed by atoms with Crippen LogP contribution >= 0.6 is 11.8 Å². The van der Waals surface area contributed by atoms with Gasteiger partial charge in [-0.15, -0.1) is 0 Å². The molecule has 2 N–H and O–H groups in total. The maximum absolute atomic E-state index is 5.97. The van der Waals surface area contributed by atoms with E-state index in [1.807, 2.05) is 0 Å². The molecule has 0 radical (unpaired) electrons. The van der Waals surface area contributed by atoms with E-state index in [2.05, 4.69) is 30.5 Å². The van der Waals surface area contributed by atoms with E-state index in [0.29, 0.717) is 0 Å². The molecule has 1 aliphatic rings. The Morgan fingerprint density at radius 3 is 2.47 bits per heavy atom. The van der Waals surface area contributed by atoms with E-state index in [0.717, 1.165) is 6.54 Å². The Hall–Kier alpha value is 0.270. The largest absolute Gasteiger partial charge is 0.329 e. The minimum Gasteiger partial charge on any atom is -0.329 e. The molecule has 1 atom stereocenters. The van der Waals surface area contributed by atoms with Crippen molar-refractivity contribution in [3.05, 3.63) is 0 Å². The molecule has 2 nitrogen and oxygen atoms in total. The molecule has 0 spiro atoms. The van der Waals surface area contributed by atoms with Crippen molar-refractivity contribution < 1.29 is 0 Å². The molecule has 1 aliphatic heterocycles. The lowest BCUT2D eigenvalue weighted by Gasteiger charge is -2.43. The molecule has 0 aliphatic carbocycles. The summed E-state index contributed by atoms with van der Waals surface area (Å²) in [4.78, 5) is 2.61. The third-order valence-electron chi connectivity index (χ3n) is 3.53. The molecule has 90 valence electrons. The molecule has 0 aromatic rings. The van der Waals surface area contributed by atoms with E-state index in [4.69, 9.17) is 5.73 Å². The topological polar surface area (TPSA) is 29.3 Å². The molecule has 0 bridgehead atoms. The molecule has 0 aromatic heterocycles. The van der Waals surface area contributed by atoms with Crippen molar-refractivity contribution in [2.24, 2.45) is 5.73 Å². The van der Waals surface area contributed by atoms with E-state index >= 15 is 0 Å². The van der Waals surface area contributed by atoms with Crippen LogP contribution in [0.5, 0.6) is 0 Å². The fraction of sp³-hybridized carbons (Fsp3) is 1.00. The maximum Gasteiger partial charge on any atom is 0.0304 e. The fourth-order valence-corrected chi connectivity index (χ4v) is 3.15. The number of thioether (sulfide) groups is 1. The molecule has 1 fully saturated rings. The van der Waals surface area contributed by atoms with Crippen molar-refractivity contribution in [2.45, 2.75) is 45.1 Å². The van der Waals surface area contributed by atoms with Crippen LogP contribution in [0, 0.1) is 0 Å². The Bertz CT molecular complexity index is 169.